The predicted molar refractivity (Wildman–Crippen MR) is 64.6 cm³/mol. The second kappa shape index (κ2) is 5.71. The molecule has 1 aromatic carbocycles. The molecule has 0 spiro atoms. The Morgan fingerprint density at radius 2 is 1.93 bits per heavy atom. The molecule has 2 atom stereocenters. The largest absolute Gasteiger partial charge is 0.392 e. The van der Waals surface area contributed by atoms with Crippen molar-refractivity contribution in [2.45, 2.75) is 26.0 Å². The summed E-state index contributed by atoms with van der Waals surface area (Å²) in [6.45, 7) is 4.32. The van der Waals surface area contributed by atoms with Crippen molar-refractivity contribution in [1.29, 1.82) is 0 Å². The van der Waals surface area contributed by atoms with Gasteiger partial charge in [-0.15, -0.1) is 0 Å². The molecule has 15 heavy (non-hydrogen) atoms. The molecule has 2 N–H and O–H groups in total. The van der Waals surface area contributed by atoms with E-state index in [2.05, 4.69) is 5.32 Å². The maximum atomic E-state index is 9.14. The first kappa shape index (κ1) is 12.8. The van der Waals surface area contributed by atoms with Crippen LogP contribution in [0.15, 0.2) is 18.2 Å². The zero-order valence-corrected chi connectivity index (χ0v) is 10.3. The Hall–Kier alpha value is -0.280. The molecule has 0 saturated carbocycles. The first-order valence-corrected chi connectivity index (χ1v) is 5.62. The zero-order chi connectivity index (χ0) is 11.4. The van der Waals surface area contributed by atoms with E-state index >= 15 is 0 Å². The Balaban J connectivity index is 2.65. The molecule has 0 aliphatic carbocycles. The smallest absolute Gasteiger partial charge is 0.0636 e. The lowest BCUT2D eigenvalue weighted by Crippen LogP contribution is -2.27. The minimum Gasteiger partial charge on any atom is -0.392 e. The van der Waals surface area contributed by atoms with Gasteiger partial charge in [0.2, 0.25) is 0 Å². The minimum absolute atomic E-state index is 0.148. The van der Waals surface area contributed by atoms with Gasteiger partial charge in [-0.3, -0.25) is 0 Å². The molecule has 0 amide bonds. The lowest BCUT2D eigenvalue weighted by atomic mass is 10.1. The van der Waals surface area contributed by atoms with E-state index in [4.69, 9.17) is 28.3 Å². The molecule has 4 heteroatoms. The molecular weight excluding hydrogens is 233 g/mol. The molecule has 0 aliphatic rings. The van der Waals surface area contributed by atoms with Gasteiger partial charge in [0, 0.05) is 12.6 Å². The fourth-order valence-electron chi connectivity index (χ4n) is 1.25. The van der Waals surface area contributed by atoms with Crippen molar-refractivity contribution in [3.05, 3.63) is 33.8 Å². The maximum Gasteiger partial charge on any atom is 0.0636 e. The van der Waals surface area contributed by atoms with E-state index in [-0.39, 0.29) is 12.1 Å². The van der Waals surface area contributed by atoms with Gasteiger partial charge in [-0.25, -0.2) is 0 Å². The van der Waals surface area contributed by atoms with Crippen LogP contribution in [0.2, 0.25) is 10.0 Å². The van der Waals surface area contributed by atoms with Crippen molar-refractivity contribution in [3.8, 4) is 0 Å². The highest BCUT2D eigenvalue weighted by Crippen LogP contribution is 2.25. The standard InChI is InChI=1S/C11H15Cl2NO/c1-7(15)6-14-8(2)9-3-4-10(12)11(13)5-9/h3-5,7-8,14-15H,6H2,1-2H3/t7-,8+/m0/s1. The summed E-state index contributed by atoms with van der Waals surface area (Å²) in [4.78, 5) is 0. The number of hydrogen-bond acceptors (Lipinski definition) is 2. The van der Waals surface area contributed by atoms with Crippen LogP contribution in [-0.4, -0.2) is 17.8 Å². The van der Waals surface area contributed by atoms with Crippen molar-refractivity contribution in [3.63, 3.8) is 0 Å². The molecule has 1 aromatic rings. The molecule has 0 fully saturated rings. The monoisotopic (exact) mass is 247 g/mol. The first-order valence-electron chi connectivity index (χ1n) is 4.87. The number of aliphatic hydroxyl groups excluding tert-OH is 1. The van der Waals surface area contributed by atoms with E-state index in [1.165, 1.54) is 0 Å². The first-order chi connectivity index (χ1) is 7.00. The van der Waals surface area contributed by atoms with Crippen molar-refractivity contribution in [2.75, 3.05) is 6.54 Å². The van der Waals surface area contributed by atoms with E-state index in [1.54, 1.807) is 13.0 Å². The van der Waals surface area contributed by atoms with Crippen LogP contribution in [0.3, 0.4) is 0 Å². The quantitative estimate of drug-likeness (QED) is 0.858. The van der Waals surface area contributed by atoms with Gasteiger partial charge < -0.3 is 10.4 Å². The van der Waals surface area contributed by atoms with Gasteiger partial charge in [-0.05, 0) is 31.5 Å². The molecule has 0 aromatic heterocycles. The molecule has 0 saturated heterocycles. The van der Waals surface area contributed by atoms with E-state index in [0.717, 1.165) is 5.56 Å². The molecule has 2 nitrogen and oxygen atoms in total. The molecule has 0 radical (unpaired) electrons. The summed E-state index contributed by atoms with van der Waals surface area (Å²) in [7, 11) is 0. The maximum absolute atomic E-state index is 9.14. The van der Waals surface area contributed by atoms with Gasteiger partial charge in [0.05, 0.1) is 16.1 Å². The molecular formula is C11H15Cl2NO. The molecule has 1 rings (SSSR count). The average Bonchev–Trinajstić information content (AvgIpc) is 2.18. The number of rotatable bonds is 4. The van der Waals surface area contributed by atoms with E-state index in [1.807, 2.05) is 19.1 Å². The Morgan fingerprint density at radius 1 is 1.27 bits per heavy atom. The topological polar surface area (TPSA) is 32.3 Å². The SMILES string of the molecule is C[C@H](O)CN[C@H](C)c1ccc(Cl)c(Cl)c1. The summed E-state index contributed by atoms with van der Waals surface area (Å²) in [5.41, 5.74) is 1.06. The van der Waals surface area contributed by atoms with Crippen molar-refractivity contribution in [2.24, 2.45) is 0 Å². The normalized spacial score (nSPS) is 15.0. The van der Waals surface area contributed by atoms with E-state index < -0.39 is 0 Å². The summed E-state index contributed by atoms with van der Waals surface area (Å²) >= 11 is 11.7. The Kier molecular flexibility index (Phi) is 4.87. The third-order valence-corrected chi connectivity index (χ3v) is 2.90. The number of nitrogens with one attached hydrogen (secondary N) is 1. The van der Waals surface area contributed by atoms with Crippen LogP contribution in [0.4, 0.5) is 0 Å². The number of halogens is 2. The number of hydrogen-bond donors (Lipinski definition) is 2. The van der Waals surface area contributed by atoms with Crippen LogP contribution in [0, 0.1) is 0 Å². The van der Waals surface area contributed by atoms with Gasteiger partial charge in [0.1, 0.15) is 0 Å². The Labute approximate surface area is 100 Å². The summed E-state index contributed by atoms with van der Waals surface area (Å²) < 4.78 is 0. The van der Waals surface area contributed by atoms with E-state index in [0.29, 0.717) is 16.6 Å². The Morgan fingerprint density at radius 3 is 2.47 bits per heavy atom. The zero-order valence-electron chi connectivity index (χ0n) is 8.80. The van der Waals surface area contributed by atoms with Gasteiger partial charge in [-0.2, -0.15) is 0 Å². The summed E-state index contributed by atoms with van der Waals surface area (Å²) in [6.07, 6.45) is -0.352. The van der Waals surface area contributed by atoms with Crippen LogP contribution in [0.1, 0.15) is 25.5 Å². The van der Waals surface area contributed by atoms with Crippen LogP contribution in [-0.2, 0) is 0 Å². The lowest BCUT2D eigenvalue weighted by molar-refractivity contribution is 0.187. The van der Waals surface area contributed by atoms with Crippen molar-refractivity contribution >= 4 is 23.2 Å². The molecule has 84 valence electrons. The summed E-state index contributed by atoms with van der Waals surface area (Å²) in [5, 5.41) is 13.4. The van der Waals surface area contributed by atoms with Gasteiger partial charge in [-0.1, -0.05) is 29.3 Å². The van der Waals surface area contributed by atoms with Gasteiger partial charge in [0.15, 0.2) is 0 Å². The highest BCUT2D eigenvalue weighted by atomic mass is 35.5. The second-order valence-corrected chi connectivity index (χ2v) is 4.47. The van der Waals surface area contributed by atoms with Gasteiger partial charge >= 0.3 is 0 Å². The minimum atomic E-state index is -0.352. The number of aliphatic hydroxyl groups is 1. The fraction of sp³-hybridized carbons (Fsp3) is 0.455. The fourth-order valence-corrected chi connectivity index (χ4v) is 1.55. The summed E-state index contributed by atoms with van der Waals surface area (Å²) in [6, 6.07) is 5.69. The predicted octanol–water partition coefficient (Wildman–Crippen LogP) is 3.02. The van der Waals surface area contributed by atoms with Crippen LogP contribution < -0.4 is 5.32 Å². The van der Waals surface area contributed by atoms with Crippen LogP contribution >= 0.6 is 23.2 Å². The average molecular weight is 248 g/mol. The second-order valence-electron chi connectivity index (χ2n) is 3.65. The highest BCUT2D eigenvalue weighted by Gasteiger charge is 2.07. The molecule has 0 heterocycles. The van der Waals surface area contributed by atoms with Crippen LogP contribution in [0.25, 0.3) is 0 Å². The number of benzene rings is 1. The molecule has 0 bridgehead atoms. The molecule has 0 aliphatic heterocycles. The van der Waals surface area contributed by atoms with E-state index in [9.17, 15) is 0 Å². The third kappa shape index (κ3) is 3.99. The van der Waals surface area contributed by atoms with Crippen LogP contribution in [0.5, 0.6) is 0 Å². The third-order valence-electron chi connectivity index (χ3n) is 2.16. The highest BCUT2D eigenvalue weighted by molar-refractivity contribution is 6.42. The van der Waals surface area contributed by atoms with Gasteiger partial charge in [0.25, 0.3) is 0 Å². The van der Waals surface area contributed by atoms with Crippen molar-refractivity contribution < 1.29 is 5.11 Å². The Bertz CT molecular complexity index is 328. The molecule has 0 unspecified atom stereocenters. The van der Waals surface area contributed by atoms with Crippen molar-refractivity contribution in [1.82, 2.24) is 5.32 Å². The lowest BCUT2D eigenvalue weighted by Gasteiger charge is -2.15. The summed E-state index contributed by atoms with van der Waals surface area (Å²) in [5.74, 6) is 0.